The highest BCUT2D eigenvalue weighted by atomic mass is 16.5. The van der Waals surface area contributed by atoms with Gasteiger partial charge in [-0.2, -0.15) is 5.26 Å². The van der Waals surface area contributed by atoms with Gasteiger partial charge in [0, 0.05) is 18.8 Å². The fourth-order valence-corrected chi connectivity index (χ4v) is 2.36. The Balaban J connectivity index is 1.89. The molecule has 0 fully saturated rings. The van der Waals surface area contributed by atoms with Crippen LogP contribution in [-0.2, 0) is 9.59 Å². The topological polar surface area (TPSA) is 91.7 Å². The van der Waals surface area contributed by atoms with E-state index < -0.39 is 0 Å². The number of hydrogen-bond donors (Lipinski definition) is 1. The number of rotatable bonds is 8. The molecule has 2 amide bonds. The Bertz CT molecular complexity index is 872. The molecule has 0 radical (unpaired) electrons. The molecule has 2 aromatic rings. The highest BCUT2D eigenvalue weighted by Gasteiger charge is 2.15. The average Bonchev–Trinajstić information content (AvgIpc) is 2.68. The maximum Gasteiger partial charge on any atom is 0.260 e. The van der Waals surface area contributed by atoms with E-state index >= 15 is 0 Å². The number of benzene rings is 2. The minimum atomic E-state index is -0.356. The van der Waals surface area contributed by atoms with Crippen LogP contribution in [0.2, 0.25) is 0 Å². The first kappa shape index (κ1) is 20.8. The van der Waals surface area contributed by atoms with E-state index in [0.29, 0.717) is 29.4 Å². The second-order valence-corrected chi connectivity index (χ2v) is 6.16. The van der Waals surface area contributed by atoms with Gasteiger partial charge in [-0.05, 0) is 38.1 Å². The monoisotopic (exact) mass is 381 g/mol. The van der Waals surface area contributed by atoms with Crippen LogP contribution in [0.3, 0.4) is 0 Å². The number of likely N-dealkylation sites (N-methyl/N-ethyl adjacent to an activating group) is 1. The number of nitrogens with zero attached hydrogens (tertiary/aromatic N) is 2. The summed E-state index contributed by atoms with van der Waals surface area (Å²) in [6, 6.07) is 14.1. The van der Waals surface area contributed by atoms with E-state index in [4.69, 9.17) is 14.7 Å². The highest BCUT2D eigenvalue weighted by molar-refractivity contribution is 5.94. The van der Waals surface area contributed by atoms with Crippen LogP contribution in [0.1, 0.15) is 18.1 Å². The molecule has 0 atom stereocenters. The Morgan fingerprint density at radius 2 is 1.82 bits per heavy atom. The zero-order valence-corrected chi connectivity index (χ0v) is 16.2. The van der Waals surface area contributed by atoms with Gasteiger partial charge < -0.3 is 19.7 Å². The van der Waals surface area contributed by atoms with E-state index in [1.165, 1.54) is 11.9 Å². The molecule has 0 saturated carbocycles. The van der Waals surface area contributed by atoms with Crippen LogP contribution >= 0.6 is 0 Å². The van der Waals surface area contributed by atoms with Crippen molar-refractivity contribution < 1.29 is 19.1 Å². The molecule has 0 saturated heterocycles. The number of carbonyl (C=O) groups is 2. The van der Waals surface area contributed by atoms with Crippen LogP contribution in [-0.4, -0.2) is 43.5 Å². The van der Waals surface area contributed by atoms with E-state index in [0.717, 1.165) is 5.56 Å². The van der Waals surface area contributed by atoms with Crippen molar-refractivity contribution in [1.29, 1.82) is 5.26 Å². The molecule has 28 heavy (non-hydrogen) atoms. The summed E-state index contributed by atoms with van der Waals surface area (Å²) in [4.78, 5) is 25.7. The Labute approximate surface area is 164 Å². The molecule has 0 bridgehead atoms. The van der Waals surface area contributed by atoms with Crippen molar-refractivity contribution in [2.24, 2.45) is 0 Å². The smallest absolute Gasteiger partial charge is 0.260 e. The lowest BCUT2D eigenvalue weighted by atomic mass is 10.2. The lowest BCUT2D eigenvalue weighted by Gasteiger charge is -2.18. The predicted octanol–water partition coefficient (Wildman–Crippen LogP) is 2.74. The van der Waals surface area contributed by atoms with Gasteiger partial charge in [-0.3, -0.25) is 9.59 Å². The lowest BCUT2D eigenvalue weighted by molar-refractivity contribution is -0.135. The first-order chi connectivity index (χ1) is 13.4. The average molecular weight is 381 g/mol. The van der Waals surface area contributed by atoms with Crippen molar-refractivity contribution in [1.82, 2.24) is 4.90 Å². The standard InChI is InChI=1S/C21H23N3O4/c1-4-27-19-11-16(12-22)7-10-18(19)28-14-21(26)24(3)13-20(25)23-17-8-5-15(2)6-9-17/h5-11H,4,13-14H2,1-3H3,(H,23,25). The maximum absolute atomic E-state index is 12.3. The molecule has 7 heteroatoms. The Morgan fingerprint density at radius 1 is 1.11 bits per heavy atom. The number of ether oxygens (including phenoxy) is 2. The molecule has 2 aromatic carbocycles. The van der Waals surface area contributed by atoms with E-state index in [-0.39, 0.29) is 25.0 Å². The van der Waals surface area contributed by atoms with E-state index in [1.807, 2.05) is 32.0 Å². The van der Waals surface area contributed by atoms with Gasteiger partial charge in [0.15, 0.2) is 18.1 Å². The maximum atomic E-state index is 12.3. The van der Waals surface area contributed by atoms with Crippen molar-refractivity contribution in [2.45, 2.75) is 13.8 Å². The molecule has 2 rings (SSSR count). The van der Waals surface area contributed by atoms with Gasteiger partial charge in [-0.25, -0.2) is 0 Å². The van der Waals surface area contributed by atoms with Crippen molar-refractivity contribution >= 4 is 17.5 Å². The molecule has 0 heterocycles. The highest BCUT2D eigenvalue weighted by Crippen LogP contribution is 2.28. The van der Waals surface area contributed by atoms with Crippen molar-refractivity contribution in [2.75, 3.05) is 32.1 Å². The Kier molecular flexibility index (Phi) is 7.40. The largest absolute Gasteiger partial charge is 0.490 e. The molecule has 0 aliphatic carbocycles. The first-order valence-corrected chi connectivity index (χ1v) is 8.83. The number of hydrogen-bond acceptors (Lipinski definition) is 5. The summed E-state index contributed by atoms with van der Waals surface area (Å²) >= 11 is 0. The van der Waals surface area contributed by atoms with Gasteiger partial charge in [-0.15, -0.1) is 0 Å². The van der Waals surface area contributed by atoms with Crippen molar-refractivity contribution in [3.63, 3.8) is 0 Å². The minimum Gasteiger partial charge on any atom is -0.490 e. The minimum absolute atomic E-state index is 0.0955. The summed E-state index contributed by atoms with van der Waals surface area (Å²) in [5.41, 5.74) is 2.20. The van der Waals surface area contributed by atoms with Crippen LogP contribution in [0.25, 0.3) is 0 Å². The summed E-state index contributed by atoms with van der Waals surface area (Å²) in [6.45, 7) is 3.83. The zero-order valence-electron chi connectivity index (χ0n) is 16.2. The number of nitriles is 1. The molecule has 7 nitrogen and oxygen atoms in total. The van der Waals surface area contributed by atoms with Crippen molar-refractivity contribution in [3.8, 4) is 17.6 Å². The molecule has 0 spiro atoms. The predicted molar refractivity (Wildman–Crippen MR) is 105 cm³/mol. The summed E-state index contributed by atoms with van der Waals surface area (Å²) < 4.78 is 11.0. The summed E-state index contributed by atoms with van der Waals surface area (Å²) in [7, 11) is 1.53. The second-order valence-electron chi connectivity index (χ2n) is 6.16. The van der Waals surface area contributed by atoms with Gasteiger partial charge in [-0.1, -0.05) is 17.7 Å². The molecule has 0 aromatic heterocycles. The van der Waals surface area contributed by atoms with E-state index in [9.17, 15) is 9.59 Å². The first-order valence-electron chi connectivity index (χ1n) is 8.83. The van der Waals surface area contributed by atoms with Gasteiger partial charge in [0.05, 0.1) is 24.8 Å². The third kappa shape index (κ3) is 6.02. The number of aryl methyl sites for hydroxylation is 1. The Morgan fingerprint density at radius 3 is 2.46 bits per heavy atom. The van der Waals surface area contributed by atoms with Crippen LogP contribution < -0.4 is 14.8 Å². The Hall–Kier alpha value is -3.53. The summed E-state index contributed by atoms with van der Waals surface area (Å²) in [5.74, 6) is 0.111. The van der Waals surface area contributed by atoms with Crippen LogP contribution in [0.5, 0.6) is 11.5 Å². The van der Waals surface area contributed by atoms with Gasteiger partial charge in [0.1, 0.15) is 0 Å². The zero-order chi connectivity index (χ0) is 20.5. The van der Waals surface area contributed by atoms with Gasteiger partial charge >= 0.3 is 0 Å². The SMILES string of the molecule is CCOc1cc(C#N)ccc1OCC(=O)N(C)CC(=O)Nc1ccc(C)cc1. The van der Waals surface area contributed by atoms with Crippen molar-refractivity contribution in [3.05, 3.63) is 53.6 Å². The quantitative estimate of drug-likeness (QED) is 0.759. The fraction of sp³-hybridized carbons (Fsp3) is 0.286. The molecule has 1 N–H and O–H groups in total. The third-order valence-electron chi connectivity index (χ3n) is 3.87. The van der Waals surface area contributed by atoms with Gasteiger partial charge in [0.25, 0.3) is 5.91 Å². The molecule has 0 aliphatic heterocycles. The summed E-state index contributed by atoms with van der Waals surface area (Å²) in [5, 5.41) is 11.7. The molecule has 146 valence electrons. The summed E-state index contributed by atoms with van der Waals surface area (Å²) in [6.07, 6.45) is 0. The molecule has 0 unspecified atom stereocenters. The van der Waals surface area contributed by atoms with E-state index in [2.05, 4.69) is 5.32 Å². The van der Waals surface area contributed by atoms with Crippen LogP contribution in [0.4, 0.5) is 5.69 Å². The number of carbonyl (C=O) groups excluding carboxylic acids is 2. The van der Waals surface area contributed by atoms with E-state index in [1.54, 1.807) is 30.3 Å². The lowest BCUT2D eigenvalue weighted by Crippen LogP contribution is -2.37. The van der Waals surface area contributed by atoms with Gasteiger partial charge in [0.2, 0.25) is 5.91 Å². The number of amides is 2. The van der Waals surface area contributed by atoms with Crippen LogP contribution in [0, 0.1) is 18.3 Å². The molecular weight excluding hydrogens is 358 g/mol. The normalized spacial score (nSPS) is 9.93. The fourth-order valence-electron chi connectivity index (χ4n) is 2.36. The third-order valence-corrected chi connectivity index (χ3v) is 3.87. The second kappa shape index (κ2) is 9.97. The molecule has 0 aliphatic rings. The molecular formula is C21H23N3O4. The van der Waals surface area contributed by atoms with Crippen LogP contribution in [0.15, 0.2) is 42.5 Å². The number of anilines is 1. The number of nitrogens with one attached hydrogen (secondary N) is 1.